The van der Waals surface area contributed by atoms with Crippen LogP contribution in [0.3, 0.4) is 0 Å². The molecule has 6 heteroatoms. The molecule has 100 valence electrons. The Morgan fingerprint density at radius 3 is 3.11 bits per heavy atom. The highest BCUT2D eigenvalue weighted by Crippen LogP contribution is 2.25. The minimum atomic E-state index is 0.0749. The van der Waals surface area contributed by atoms with Gasteiger partial charge in [-0.15, -0.1) is 0 Å². The van der Waals surface area contributed by atoms with Crippen LogP contribution in [-0.2, 0) is 9.47 Å². The Hall–Kier alpha value is -1.24. The fourth-order valence-corrected chi connectivity index (χ4v) is 2.53. The summed E-state index contributed by atoms with van der Waals surface area (Å²) in [5.41, 5.74) is 0.904. The van der Waals surface area contributed by atoms with E-state index in [0.29, 0.717) is 26.4 Å². The van der Waals surface area contributed by atoms with Gasteiger partial charge in [-0.3, -0.25) is 0 Å². The first-order chi connectivity index (χ1) is 9.34. The molecule has 0 radical (unpaired) electrons. The van der Waals surface area contributed by atoms with Gasteiger partial charge < -0.3 is 14.8 Å². The third kappa shape index (κ3) is 2.86. The summed E-state index contributed by atoms with van der Waals surface area (Å²) in [7, 11) is 0. The van der Waals surface area contributed by atoms with Gasteiger partial charge >= 0.3 is 0 Å². The Kier molecular flexibility index (Phi) is 3.91. The Labute approximate surface area is 119 Å². The Balaban J connectivity index is 1.79. The van der Waals surface area contributed by atoms with E-state index in [1.165, 1.54) is 0 Å². The van der Waals surface area contributed by atoms with Crippen LogP contribution >= 0.6 is 15.9 Å². The van der Waals surface area contributed by atoms with E-state index in [2.05, 4.69) is 31.2 Å². The molecular formula is C13H14BrN3O2. The molecule has 5 nitrogen and oxygen atoms in total. The van der Waals surface area contributed by atoms with E-state index in [9.17, 15) is 0 Å². The summed E-state index contributed by atoms with van der Waals surface area (Å²) in [6.45, 7) is 2.64. The summed E-state index contributed by atoms with van der Waals surface area (Å²) >= 11 is 3.50. The van der Waals surface area contributed by atoms with Crippen molar-refractivity contribution in [2.75, 3.05) is 31.7 Å². The number of nitrogens with zero attached hydrogens (tertiary/aromatic N) is 2. The highest BCUT2D eigenvalue weighted by Gasteiger charge is 2.15. The number of fused-ring (bicyclic) bond motifs is 1. The van der Waals surface area contributed by atoms with Gasteiger partial charge in [-0.25, -0.2) is 9.97 Å². The lowest BCUT2D eigenvalue weighted by Gasteiger charge is -2.23. The number of nitrogens with one attached hydrogen (secondary N) is 1. The number of hydrogen-bond donors (Lipinski definition) is 1. The zero-order valence-corrected chi connectivity index (χ0v) is 11.9. The average molecular weight is 324 g/mol. The van der Waals surface area contributed by atoms with E-state index in [4.69, 9.17) is 9.47 Å². The molecular weight excluding hydrogens is 310 g/mol. The number of para-hydroxylation sites is 1. The Morgan fingerprint density at radius 2 is 2.26 bits per heavy atom. The summed E-state index contributed by atoms with van der Waals surface area (Å²) in [6, 6.07) is 5.94. The minimum absolute atomic E-state index is 0.0749. The van der Waals surface area contributed by atoms with E-state index in [-0.39, 0.29) is 6.10 Å². The second kappa shape index (κ2) is 5.81. The molecule has 19 heavy (non-hydrogen) atoms. The van der Waals surface area contributed by atoms with Crippen LogP contribution in [0.25, 0.3) is 10.9 Å². The summed E-state index contributed by atoms with van der Waals surface area (Å²) in [4.78, 5) is 8.58. The molecule has 0 aliphatic carbocycles. The Bertz CT molecular complexity index is 573. The molecule has 1 N–H and O–H groups in total. The zero-order chi connectivity index (χ0) is 13.1. The van der Waals surface area contributed by atoms with Gasteiger partial charge in [0, 0.05) is 16.4 Å². The quantitative estimate of drug-likeness (QED) is 0.938. The molecule has 1 aliphatic heterocycles. The summed E-state index contributed by atoms with van der Waals surface area (Å²) in [5, 5.41) is 4.30. The van der Waals surface area contributed by atoms with Crippen LogP contribution in [0.15, 0.2) is 29.0 Å². The summed E-state index contributed by atoms with van der Waals surface area (Å²) in [6.07, 6.45) is 1.64. The van der Waals surface area contributed by atoms with Crippen LogP contribution in [-0.4, -0.2) is 42.4 Å². The first kappa shape index (κ1) is 12.8. The molecule has 2 aromatic rings. The van der Waals surface area contributed by atoms with Crippen molar-refractivity contribution in [2.24, 2.45) is 0 Å². The molecule has 0 spiro atoms. The van der Waals surface area contributed by atoms with Crippen molar-refractivity contribution in [1.82, 2.24) is 9.97 Å². The van der Waals surface area contributed by atoms with E-state index < -0.39 is 0 Å². The van der Waals surface area contributed by atoms with Crippen molar-refractivity contribution in [2.45, 2.75) is 6.10 Å². The van der Waals surface area contributed by atoms with Crippen molar-refractivity contribution in [1.29, 1.82) is 0 Å². The predicted octanol–water partition coefficient (Wildman–Crippen LogP) is 2.22. The van der Waals surface area contributed by atoms with Crippen LogP contribution in [0.4, 0.5) is 5.82 Å². The van der Waals surface area contributed by atoms with Gasteiger partial charge in [-0.2, -0.15) is 0 Å². The van der Waals surface area contributed by atoms with Gasteiger partial charge in [-0.05, 0) is 28.1 Å². The van der Waals surface area contributed by atoms with E-state index in [1.807, 2.05) is 18.2 Å². The largest absolute Gasteiger partial charge is 0.376 e. The maximum absolute atomic E-state index is 5.60. The molecule has 1 aromatic heterocycles. The highest BCUT2D eigenvalue weighted by atomic mass is 79.9. The molecule has 0 saturated carbocycles. The molecule has 1 unspecified atom stereocenters. The van der Waals surface area contributed by atoms with Crippen molar-refractivity contribution in [3.63, 3.8) is 0 Å². The first-order valence-corrected chi connectivity index (χ1v) is 6.96. The number of anilines is 1. The zero-order valence-electron chi connectivity index (χ0n) is 10.3. The molecule has 2 heterocycles. The Morgan fingerprint density at radius 1 is 1.32 bits per heavy atom. The van der Waals surface area contributed by atoms with E-state index >= 15 is 0 Å². The lowest BCUT2D eigenvalue weighted by atomic mass is 10.2. The fourth-order valence-electron chi connectivity index (χ4n) is 2.06. The number of ether oxygens (including phenoxy) is 2. The van der Waals surface area contributed by atoms with Crippen molar-refractivity contribution < 1.29 is 9.47 Å². The maximum atomic E-state index is 5.60. The molecule has 1 saturated heterocycles. The van der Waals surface area contributed by atoms with Crippen molar-refractivity contribution in [3.8, 4) is 0 Å². The summed E-state index contributed by atoms with van der Waals surface area (Å²) in [5.74, 6) is 0.820. The van der Waals surface area contributed by atoms with E-state index in [1.54, 1.807) is 6.33 Å². The van der Waals surface area contributed by atoms with Crippen LogP contribution in [0.2, 0.25) is 0 Å². The maximum Gasteiger partial charge on any atom is 0.137 e. The standard InChI is InChI=1S/C13H14BrN3O2/c14-11-3-1-2-10-12(11)16-8-17-13(10)15-6-9-7-18-4-5-19-9/h1-3,8-9H,4-7H2,(H,15,16,17). The molecule has 1 aliphatic rings. The predicted molar refractivity (Wildman–Crippen MR) is 76.3 cm³/mol. The third-order valence-electron chi connectivity index (χ3n) is 3.00. The van der Waals surface area contributed by atoms with Gasteiger partial charge in [0.2, 0.25) is 0 Å². The molecule has 3 rings (SSSR count). The number of benzene rings is 1. The van der Waals surface area contributed by atoms with Crippen LogP contribution < -0.4 is 5.32 Å². The highest BCUT2D eigenvalue weighted by molar-refractivity contribution is 9.10. The van der Waals surface area contributed by atoms with Crippen molar-refractivity contribution in [3.05, 3.63) is 29.0 Å². The van der Waals surface area contributed by atoms with Crippen LogP contribution in [0.1, 0.15) is 0 Å². The second-order valence-corrected chi connectivity index (χ2v) is 5.16. The lowest BCUT2D eigenvalue weighted by Crippen LogP contribution is -2.34. The van der Waals surface area contributed by atoms with Gasteiger partial charge in [0.15, 0.2) is 0 Å². The first-order valence-electron chi connectivity index (χ1n) is 6.17. The number of rotatable bonds is 3. The average Bonchev–Trinajstić information content (AvgIpc) is 2.47. The summed E-state index contributed by atoms with van der Waals surface area (Å²) < 4.78 is 11.9. The fraction of sp³-hybridized carbons (Fsp3) is 0.385. The second-order valence-electron chi connectivity index (χ2n) is 4.31. The van der Waals surface area contributed by atoms with Gasteiger partial charge in [0.25, 0.3) is 0 Å². The number of aromatic nitrogens is 2. The SMILES string of the molecule is Brc1cccc2c(NCC3COCCO3)ncnc12. The monoisotopic (exact) mass is 323 g/mol. The molecule has 1 fully saturated rings. The molecule has 1 aromatic carbocycles. The third-order valence-corrected chi connectivity index (χ3v) is 3.64. The van der Waals surface area contributed by atoms with Crippen LogP contribution in [0.5, 0.6) is 0 Å². The minimum Gasteiger partial charge on any atom is -0.376 e. The van der Waals surface area contributed by atoms with Gasteiger partial charge in [-0.1, -0.05) is 6.07 Å². The van der Waals surface area contributed by atoms with Crippen LogP contribution in [0, 0.1) is 0 Å². The molecule has 1 atom stereocenters. The number of halogens is 1. The normalized spacial score (nSPS) is 19.5. The van der Waals surface area contributed by atoms with Crippen molar-refractivity contribution >= 4 is 32.7 Å². The smallest absolute Gasteiger partial charge is 0.137 e. The number of hydrogen-bond acceptors (Lipinski definition) is 5. The van der Waals surface area contributed by atoms with Gasteiger partial charge in [0.1, 0.15) is 12.1 Å². The lowest BCUT2D eigenvalue weighted by molar-refractivity contribution is -0.0819. The van der Waals surface area contributed by atoms with E-state index in [0.717, 1.165) is 21.2 Å². The molecule has 0 amide bonds. The topological polar surface area (TPSA) is 56.3 Å². The molecule has 0 bridgehead atoms. The van der Waals surface area contributed by atoms with Gasteiger partial charge in [0.05, 0.1) is 31.4 Å².